The van der Waals surface area contributed by atoms with E-state index in [4.69, 9.17) is 0 Å². The summed E-state index contributed by atoms with van der Waals surface area (Å²) in [6.45, 7) is 5.17. The molecule has 0 aromatic heterocycles. The number of piperazine rings is 1. The number of quaternary nitrogens is 1. The average molecular weight is 384 g/mol. The summed E-state index contributed by atoms with van der Waals surface area (Å²) in [4.78, 5) is 17.8. The van der Waals surface area contributed by atoms with Crippen LogP contribution in [-0.4, -0.2) is 76.0 Å². The van der Waals surface area contributed by atoms with Gasteiger partial charge >= 0.3 is 0 Å². The molecule has 2 aliphatic rings. The Morgan fingerprint density at radius 3 is 2.42 bits per heavy atom. The highest BCUT2D eigenvalue weighted by molar-refractivity contribution is 7.91. The summed E-state index contributed by atoms with van der Waals surface area (Å²) in [5.74, 6) is 0.0224. The number of carbonyl (C=O) groups excluding carboxylic acids is 1. The lowest BCUT2D eigenvalue weighted by atomic mass is 10.1. The zero-order chi connectivity index (χ0) is 18.9. The van der Waals surface area contributed by atoms with Crippen LogP contribution >= 0.6 is 0 Å². The standard InChI is InChI=1S/C18H26FN3O3S/c1-14(18(23)20(2)17-7-12-26(24,25)13-17)21-8-10-22(11-9-21)16-5-3-15(19)4-6-16/h3-6,14,17H,7-13H2,1-2H3/p+1/t14-,17-/m0/s1. The molecule has 2 saturated heterocycles. The molecule has 2 heterocycles. The van der Waals surface area contributed by atoms with Gasteiger partial charge in [-0.25, -0.2) is 12.8 Å². The molecule has 6 nitrogen and oxygen atoms in total. The number of nitrogens with one attached hydrogen (secondary N) is 1. The molecule has 144 valence electrons. The highest BCUT2D eigenvalue weighted by atomic mass is 32.2. The van der Waals surface area contributed by atoms with E-state index in [0.29, 0.717) is 6.42 Å². The number of anilines is 1. The minimum atomic E-state index is -3.00. The second-order valence-corrected chi connectivity index (χ2v) is 9.58. The van der Waals surface area contributed by atoms with Crippen molar-refractivity contribution in [3.8, 4) is 0 Å². The van der Waals surface area contributed by atoms with Gasteiger partial charge in [0, 0.05) is 18.8 Å². The van der Waals surface area contributed by atoms with Crippen molar-refractivity contribution in [2.75, 3.05) is 49.6 Å². The minimum Gasteiger partial charge on any atom is -0.360 e. The Kier molecular flexibility index (Phi) is 5.53. The Morgan fingerprint density at radius 2 is 1.88 bits per heavy atom. The first-order valence-corrected chi connectivity index (χ1v) is 10.9. The van der Waals surface area contributed by atoms with Crippen molar-refractivity contribution in [1.82, 2.24) is 4.90 Å². The lowest BCUT2D eigenvalue weighted by Gasteiger charge is -2.37. The molecule has 0 unspecified atom stereocenters. The zero-order valence-corrected chi connectivity index (χ0v) is 16.1. The van der Waals surface area contributed by atoms with Gasteiger partial charge in [0.1, 0.15) is 5.82 Å². The average Bonchev–Trinajstić information content (AvgIpc) is 3.00. The van der Waals surface area contributed by atoms with Crippen LogP contribution in [0.15, 0.2) is 24.3 Å². The number of rotatable bonds is 4. The number of hydrogen-bond donors (Lipinski definition) is 1. The number of amides is 1. The third-order valence-electron chi connectivity index (χ3n) is 5.68. The largest absolute Gasteiger partial charge is 0.360 e. The maximum absolute atomic E-state index is 13.1. The highest BCUT2D eigenvalue weighted by Crippen LogP contribution is 2.17. The highest BCUT2D eigenvalue weighted by Gasteiger charge is 2.37. The van der Waals surface area contributed by atoms with Crippen molar-refractivity contribution in [1.29, 1.82) is 0 Å². The smallest absolute Gasteiger partial charge is 0.280 e. The van der Waals surface area contributed by atoms with Crippen molar-refractivity contribution in [3.05, 3.63) is 30.1 Å². The van der Waals surface area contributed by atoms with Crippen molar-refractivity contribution in [2.45, 2.75) is 25.4 Å². The van der Waals surface area contributed by atoms with Gasteiger partial charge in [-0.1, -0.05) is 0 Å². The van der Waals surface area contributed by atoms with Gasteiger partial charge in [-0.05, 0) is 37.6 Å². The van der Waals surface area contributed by atoms with E-state index in [-0.39, 0.29) is 35.3 Å². The minimum absolute atomic E-state index is 0.0114. The Morgan fingerprint density at radius 1 is 1.27 bits per heavy atom. The van der Waals surface area contributed by atoms with Gasteiger partial charge in [0.25, 0.3) is 5.91 Å². The Bertz CT molecular complexity index is 745. The predicted octanol–water partition coefficient (Wildman–Crippen LogP) is -0.435. The van der Waals surface area contributed by atoms with E-state index >= 15 is 0 Å². The monoisotopic (exact) mass is 384 g/mol. The van der Waals surface area contributed by atoms with Crippen LogP contribution in [0.3, 0.4) is 0 Å². The maximum Gasteiger partial charge on any atom is 0.280 e. The fraction of sp³-hybridized carbons (Fsp3) is 0.611. The molecule has 26 heavy (non-hydrogen) atoms. The summed E-state index contributed by atoms with van der Waals surface area (Å²) in [5, 5.41) is 0. The van der Waals surface area contributed by atoms with E-state index in [9.17, 15) is 17.6 Å². The van der Waals surface area contributed by atoms with Crippen LogP contribution in [0.1, 0.15) is 13.3 Å². The van der Waals surface area contributed by atoms with Crippen molar-refractivity contribution in [2.24, 2.45) is 0 Å². The van der Waals surface area contributed by atoms with E-state index in [2.05, 4.69) is 4.90 Å². The van der Waals surface area contributed by atoms with Crippen LogP contribution in [0.25, 0.3) is 0 Å². The molecule has 0 spiro atoms. The van der Waals surface area contributed by atoms with E-state index < -0.39 is 9.84 Å². The molecule has 1 aromatic rings. The number of hydrogen-bond acceptors (Lipinski definition) is 4. The molecule has 1 amide bonds. The molecule has 8 heteroatoms. The molecular formula is C18H27FN3O3S+. The zero-order valence-electron chi connectivity index (χ0n) is 15.3. The fourth-order valence-corrected chi connectivity index (χ4v) is 5.65. The van der Waals surface area contributed by atoms with Gasteiger partial charge in [-0.2, -0.15) is 0 Å². The molecular weight excluding hydrogens is 357 g/mol. The molecule has 2 atom stereocenters. The summed E-state index contributed by atoms with van der Waals surface area (Å²) < 4.78 is 36.4. The van der Waals surface area contributed by atoms with Crippen LogP contribution in [0.4, 0.5) is 10.1 Å². The van der Waals surface area contributed by atoms with E-state index in [1.54, 1.807) is 24.1 Å². The van der Waals surface area contributed by atoms with Crippen molar-refractivity contribution < 1.29 is 22.5 Å². The lowest BCUT2D eigenvalue weighted by molar-refractivity contribution is -0.915. The van der Waals surface area contributed by atoms with Crippen LogP contribution in [0, 0.1) is 5.82 Å². The van der Waals surface area contributed by atoms with E-state index in [0.717, 1.165) is 31.9 Å². The molecule has 1 aromatic carbocycles. The first-order valence-electron chi connectivity index (χ1n) is 9.09. The lowest BCUT2D eigenvalue weighted by Crippen LogP contribution is -3.19. The summed E-state index contributed by atoms with van der Waals surface area (Å²) >= 11 is 0. The number of carbonyl (C=O) groups is 1. The normalized spacial score (nSPS) is 24.4. The van der Waals surface area contributed by atoms with Gasteiger partial charge in [-0.3, -0.25) is 4.79 Å². The Labute approximate surface area is 154 Å². The number of halogens is 1. The summed E-state index contributed by atoms with van der Waals surface area (Å²) in [7, 11) is -1.28. The quantitative estimate of drug-likeness (QED) is 0.765. The van der Waals surface area contributed by atoms with Crippen LogP contribution in [0.5, 0.6) is 0 Å². The van der Waals surface area contributed by atoms with E-state index in [1.807, 2.05) is 6.92 Å². The van der Waals surface area contributed by atoms with Gasteiger partial charge in [0.2, 0.25) is 0 Å². The Balaban J connectivity index is 1.55. The second-order valence-electron chi connectivity index (χ2n) is 7.35. The molecule has 0 bridgehead atoms. The molecule has 2 aliphatic heterocycles. The first kappa shape index (κ1) is 19.1. The molecule has 2 fully saturated rings. The topological polar surface area (TPSA) is 62.1 Å². The number of benzene rings is 1. The third-order valence-corrected chi connectivity index (χ3v) is 7.43. The van der Waals surface area contributed by atoms with Gasteiger partial charge in [-0.15, -0.1) is 0 Å². The van der Waals surface area contributed by atoms with Crippen molar-refractivity contribution in [3.63, 3.8) is 0 Å². The second kappa shape index (κ2) is 7.52. The van der Waals surface area contributed by atoms with Crippen LogP contribution in [-0.2, 0) is 14.6 Å². The summed E-state index contributed by atoms with van der Waals surface area (Å²) in [6, 6.07) is 6.09. The van der Waals surface area contributed by atoms with Gasteiger partial charge in [0.15, 0.2) is 15.9 Å². The molecule has 0 aliphatic carbocycles. The predicted molar refractivity (Wildman–Crippen MR) is 98.6 cm³/mol. The van der Waals surface area contributed by atoms with Crippen LogP contribution in [0.2, 0.25) is 0 Å². The number of sulfone groups is 1. The number of likely N-dealkylation sites (N-methyl/N-ethyl adjacent to an activating group) is 1. The number of nitrogens with zero attached hydrogens (tertiary/aromatic N) is 2. The molecule has 3 rings (SSSR count). The SMILES string of the molecule is C[C@@H](C(=O)N(C)[C@H]1CCS(=O)(=O)C1)[NH+]1CCN(c2ccc(F)cc2)CC1. The summed E-state index contributed by atoms with van der Waals surface area (Å²) in [6.07, 6.45) is 0.533. The van der Waals surface area contributed by atoms with Gasteiger partial charge in [0.05, 0.1) is 37.7 Å². The first-order chi connectivity index (χ1) is 12.3. The molecule has 0 saturated carbocycles. The van der Waals surface area contributed by atoms with Crippen molar-refractivity contribution >= 4 is 21.4 Å². The van der Waals surface area contributed by atoms with Crippen LogP contribution < -0.4 is 9.80 Å². The van der Waals surface area contributed by atoms with Gasteiger partial charge < -0.3 is 14.7 Å². The fourth-order valence-electron chi connectivity index (χ4n) is 3.88. The molecule has 0 radical (unpaired) electrons. The third kappa shape index (κ3) is 4.17. The molecule has 1 N–H and O–H groups in total. The maximum atomic E-state index is 13.1. The van der Waals surface area contributed by atoms with E-state index in [1.165, 1.54) is 17.0 Å². The Hall–Kier alpha value is -1.67. The summed E-state index contributed by atoms with van der Waals surface area (Å²) in [5.41, 5.74) is 0.998.